The van der Waals surface area contributed by atoms with Gasteiger partial charge in [0.25, 0.3) is 0 Å². The number of methoxy groups -OCH3 is 1. The van der Waals surface area contributed by atoms with E-state index in [2.05, 4.69) is 0 Å². The molecule has 0 unspecified atom stereocenters. The monoisotopic (exact) mass is 235 g/mol. The summed E-state index contributed by atoms with van der Waals surface area (Å²) in [6, 6.07) is 0. The molecule has 0 spiro atoms. The Morgan fingerprint density at radius 3 is 2.69 bits per heavy atom. The summed E-state index contributed by atoms with van der Waals surface area (Å²) in [5.41, 5.74) is 5.19. The van der Waals surface area contributed by atoms with Crippen LogP contribution in [0.2, 0.25) is 0 Å². The molecule has 0 aliphatic rings. The molecule has 0 heterocycles. The van der Waals surface area contributed by atoms with Crippen LogP contribution >= 0.6 is 0 Å². The SMILES string of the molecule is COCCCOCCOC(=O)[C@@H](O)CCN. The fourth-order valence-electron chi connectivity index (χ4n) is 0.980. The van der Waals surface area contributed by atoms with Crippen LogP contribution in [-0.4, -0.2) is 57.3 Å². The van der Waals surface area contributed by atoms with Gasteiger partial charge in [-0.1, -0.05) is 0 Å². The Kier molecular flexibility index (Phi) is 10.3. The summed E-state index contributed by atoms with van der Waals surface area (Å²) < 4.78 is 14.8. The first kappa shape index (κ1) is 15.3. The number of nitrogens with two attached hydrogens (primary N) is 1. The third kappa shape index (κ3) is 8.60. The van der Waals surface area contributed by atoms with Crippen molar-refractivity contribution in [3.05, 3.63) is 0 Å². The Hall–Kier alpha value is -0.690. The zero-order chi connectivity index (χ0) is 12.2. The van der Waals surface area contributed by atoms with Gasteiger partial charge in [0, 0.05) is 20.3 Å². The van der Waals surface area contributed by atoms with Gasteiger partial charge in [0.05, 0.1) is 6.61 Å². The second-order valence-corrected chi connectivity index (χ2v) is 3.22. The lowest BCUT2D eigenvalue weighted by Gasteiger charge is -2.09. The number of hydrogen-bond donors (Lipinski definition) is 2. The van der Waals surface area contributed by atoms with Gasteiger partial charge >= 0.3 is 5.97 Å². The van der Waals surface area contributed by atoms with Gasteiger partial charge in [0.2, 0.25) is 0 Å². The van der Waals surface area contributed by atoms with Gasteiger partial charge in [-0.05, 0) is 19.4 Å². The summed E-state index contributed by atoms with van der Waals surface area (Å²) in [4.78, 5) is 11.1. The van der Waals surface area contributed by atoms with E-state index in [1.165, 1.54) is 0 Å². The molecule has 0 aromatic carbocycles. The van der Waals surface area contributed by atoms with E-state index in [9.17, 15) is 9.90 Å². The molecule has 0 fully saturated rings. The van der Waals surface area contributed by atoms with Crippen molar-refractivity contribution in [2.45, 2.75) is 18.9 Å². The Labute approximate surface area is 95.7 Å². The van der Waals surface area contributed by atoms with Crippen LogP contribution in [0.1, 0.15) is 12.8 Å². The molecule has 0 saturated carbocycles. The lowest BCUT2D eigenvalue weighted by molar-refractivity contribution is -0.155. The molecule has 96 valence electrons. The number of esters is 1. The Balaban J connectivity index is 3.27. The average molecular weight is 235 g/mol. The quantitative estimate of drug-likeness (QED) is 0.384. The highest BCUT2D eigenvalue weighted by atomic mass is 16.6. The second kappa shape index (κ2) is 10.8. The molecule has 0 aliphatic carbocycles. The third-order valence-electron chi connectivity index (χ3n) is 1.82. The van der Waals surface area contributed by atoms with Crippen LogP contribution in [-0.2, 0) is 19.0 Å². The van der Waals surface area contributed by atoms with E-state index < -0.39 is 12.1 Å². The number of carbonyl (C=O) groups excluding carboxylic acids is 1. The minimum atomic E-state index is -1.13. The van der Waals surface area contributed by atoms with Gasteiger partial charge in [-0.15, -0.1) is 0 Å². The maximum atomic E-state index is 11.1. The van der Waals surface area contributed by atoms with Crippen LogP contribution in [0.4, 0.5) is 0 Å². The van der Waals surface area contributed by atoms with Crippen LogP contribution in [0.25, 0.3) is 0 Å². The number of aliphatic hydroxyl groups excluding tert-OH is 1. The molecule has 6 heteroatoms. The van der Waals surface area contributed by atoms with Crippen molar-refractivity contribution < 1.29 is 24.1 Å². The lowest BCUT2D eigenvalue weighted by atomic mass is 10.2. The Morgan fingerprint density at radius 2 is 2.06 bits per heavy atom. The molecule has 6 nitrogen and oxygen atoms in total. The lowest BCUT2D eigenvalue weighted by Crippen LogP contribution is -2.27. The van der Waals surface area contributed by atoms with E-state index >= 15 is 0 Å². The van der Waals surface area contributed by atoms with Gasteiger partial charge in [0.15, 0.2) is 6.10 Å². The molecule has 1 atom stereocenters. The van der Waals surface area contributed by atoms with Gasteiger partial charge in [-0.3, -0.25) is 0 Å². The third-order valence-corrected chi connectivity index (χ3v) is 1.82. The minimum Gasteiger partial charge on any atom is -0.461 e. The molecular weight excluding hydrogens is 214 g/mol. The Bertz CT molecular complexity index is 177. The molecule has 0 amide bonds. The van der Waals surface area contributed by atoms with Gasteiger partial charge in [-0.25, -0.2) is 4.79 Å². The van der Waals surface area contributed by atoms with Gasteiger partial charge in [0.1, 0.15) is 6.61 Å². The van der Waals surface area contributed by atoms with E-state index in [-0.39, 0.29) is 19.6 Å². The normalized spacial score (nSPS) is 12.4. The standard InChI is InChI=1S/C10H21NO5/c1-14-5-2-6-15-7-8-16-10(13)9(12)3-4-11/h9,12H,2-8,11H2,1H3/t9-/m0/s1. The molecule has 0 radical (unpaired) electrons. The first-order chi connectivity index (χ1) is 7.72. The van der Waals surface area contributed by atoms with Crippen molar-refractivity contribution in [2.75, 3.05) is 40.1 Å². The topological polar surface area (TPSA) is 91.0 Å². The Morgan fingerprint density at radius 1 is 1.31 bits per heavy atom. The van der Waals surface area contributed by atoms with Gasteiger partial charge < -0.3 is 25.1 Å². The molecule has 0 rings (SSSR count). The molecule has 0 bridgehead atoms. The molecule has 0 aliphatic heterocycles. The molecule has 0 aromatic heterocycles. The van der Waals surface area contributed by atoms with Crippen molar-refractivity contribution in [3.63, 3.8) is 0 Å². The van der Waals surface area contributed by atoms with Crippen molar-refractivity contribution in [3.8, 4) is 0 Å². The predicted molar refractivity (Wildman–Crippen MR) is 57.9 cm³/mol. The van der Waals surface area contributed by atoms with Gasteiger partial charge in [-0.2, -0.15) is 0 Å². The van der Waals surface area contributed by atoms with Crippen LogP contribution in [0.15, 0.2) is 0 Å². The number of ether oxygens (including phenoxy) is 3. The summed E-state index contributed by atoms with van der Waals surface area (Å²) in [5, 5.41) is 9.18. The van der Waals surface area contributed by atoms with Crippen molar-refractivity contribution in [1.82, 2.24) is 0 Å². The first-order valence-corrected chi connectivity index (χ1v) is 5.33. The summed E-state index contributed by atoms with van der Waals surface area (Å²) in [6.07, 6.45) is -0.105. The number of hydrogen-bond acceptors (Lipinski definition) is 6. The maximum Gasteiger partial charge on any atom is 0.335 e. The average Bonchev–Trinajstić information content (AvgIpc) is 2.28. The molecule has 0 aromatic rings. The molecular formula is C10H21NO5. The fourth-order valence-corrected chi connectivity index (χ4v) is 0.980. The van der Waals surface area contributed by atoms with E-state index in [1.807, 2.05) is 0 Å². The summed E-state index contributed by atoms with van der Waals surface area (Å²) in [5.74, 6) is -0.647. The summed E-state index contributed by atoms with van der Waals surface area (Å²) in [7, 11) is 1.63. The minimum absolute atomic E-state index is 0.146. The largest absolute Gasteiger partial charge is 0.461 e. The van der Waals surface area contributed by atoms with E-state index in [0.717, 1.165) is 6.42 Å². The number of rotatable bonds is 10. The molecule has 16 heavy (non-hydrogen) atoms. The summed E-state index contributed by atoms with van der Waals surface area (Å²) in [6.45, 7) is 1.94. The summed E-state index contributed by atoms with van der Waals surface area (Å²) >= 11 is 0. The van der Waals surface area contributed by atoms with Crippen LogP contribution in [0.5, 0.6) is 0 Å². The van der Waals surface area contributed by atoms with Crippen molar-refractivity contribution >= 4 is 5.97 Å². The smallest absolute Gasteiger partial charge is 0.335 e. The zero-order valence-corrected chi connectivity index (χ0v) is 9.68. The number of aliphatic hydroxyl groups is 1. The highest BCUT2D eigenvalue weighted by Gasteiger charge is 2.14. The maximum absolute atomic E-state index is 11.1. The van der Waals surface area contributed by atoms with E-state index in [1.54, 1.807) is 7.11 Å². The highest BCUT2D eigenvalue weighted by molar-refractivity contribution is 5.74. The van der Waals surface area contributed by atoms with Crippen LogP contribution in [0, 0.1) is 0 Å². The van der Waals surface area contributed by atoms with E-state index in [0.29, 0.717) is 19.8 Å². The molecule has 0 saturated heterocycles. The second-order valence-electron chi connectivity index (χ2n) is 3.22. The van der Waals surface area contributed by atoms with Crippen LogP contribution in [0.3, 0.4) is 0 Å². The van der Waals surface area contributed by atoms with Crippen molar-refractivity contribution in [1.29, 1.82) is 0 Å². The first-order valence-electron chi connectivity index (χ1n) is 5.33. The molecule has 3 N–H and O–H groups in total. The van der Waals surface area contributed by atoms with Crippen LogP contribution < -0.4 is 5.73 Å². The fraction of sp³-hybridized carbons (Fsp3) is 0.900. The predicted octanol–water partition coefficient (Wildman–Crippen LogP) is -0.708. The van der Waals surface area contributed by atoms with E-state index in [4.69, 9.17) is 19.9 Å². The zero-order valence-electron chi connectivity index (χ0n) is 9.68. The van der Waals surface area contributed by atoms with Crippen molar-refractivity contribution in [2.24, 2.45) is 5.73 Å². The highest BCUT2D eigenvalue weighted by Crippen LogP contribution is 1.93. The number of carbonyl (C=O) groups is 1.